The van der Waals surface area contributed by atoms with E-state index in [0.29, 0.717) is 18.0 Å². The summed E-state index contributed by atoms with van der Waals surface area (Å²) in [6.45, 7) is 2.24. The summed E-state index contributed by atoms with van der Waals surface area (Å²) in [7, 11) is 2.12. The molecule has 0 aliphatic carbocycles. The molecule has 2 heterocycles. The average Bonchev–Trinajstić information content (AvgIpc) is 2.65. The molecule has 0 N–H and O–H groups in total. The van der Waals surface area contributed by atoms with E-state index in [1.165, 1.54) is 19.4 Å². The van der Waals surface area contributed by atoms with E-state index in [-0.39, 0.29) is 5.89 Å². The third kappa shape index (κ3) is 2.62. The smallest absolute Gasteiger partial charge is 0.290 e. The molecule has 15 heavy (non-hydrogen) atoms. The van der Waals surface area contributed by atoms with E-state index >= 15 is 0 Å². The Morgan fingerprint density at radius 2 is 2.53 bits per heavy atom. The Bertz CT molecular complexity index is 337. The molecule has 1 atom stereocenters. The van der Waals surface area contributed by atoms with Gasteiger partial charge < -0.3 is 9.42 Å². The lowest BCUT2D eigenvalue weighted by atomic mass is 9.95. The van der Waals surface area contributed by atoms with Gasteiger partial charge >= 0.3 is 0 Å². The first-order valence-corrected chi connectivity index (χ1v) is 5.24. The average molecular weight is 209 g/mol. The summed E-state index contributed by atoms with van der Waals surface area (Å²) in [6.07, 6.45) is 3.82. The van der Waals surface area contributed by atoms with E-state index in [1.807, 2.05) is 0 Å². The molecule has 0 amide bonds. The Balaban J connectivity index is 1.92. The van der Waals surface area contributed by atoms with E-state index in [4.69, 9.17) is 4.52 Å². The monoisotopic (exact) mass is 209 g/mol. The van der Waals surface area contributed by atoms with Crippen molar-refractivity contribution in [1.29, 1.82) is 0 Å². The highest BCUT2D eigenvalue weighted by atomic mass is 16.5. The number of hydrogen-bond donors (Lipinski definition) is 0. The van der Waals surface area contributed by atoms with Crippen molar-refractivity contribution >= 4 is 6.29 Å². The number of piperidine rings is 1. The number of hydrogen-bond acceptors (Lipinski definition) is 5. The summed E-state index contributed by atoms with van der Waals surface area (Å²) >= 11 is 0. The molecular weight excluding hydrogens is 194 g/mol. The summed E-state index contributed by atoms with van der Waals surface area (Å²) in [5, 5.41) is 3.77. The van der Waals surface area contributed by atoms with Gasteiger partial charge in [0.15, 0.2) is 5.82 Å². The third-order valence-electron chi connectivity index (χ3n) is 2.78. The molecule has 0 saturated carbocycles. The zero-order valence-electron chi connectivity index (χ0n) is 8.85. The van der Waals surface area contributed by atoms with Crippen molar-refractivity contribution in [2.24, 2.45) is 5.92 Å². The summed E-state index contributed by atoms with van der Waals surface area (Å²) in [5.41, 5.74) is 0. The van der Waals surface area contributed by atoms with E-state index in [2.05, 4.69) is 22.1 Å². The maximum absolute atomic E-state index is 10.4. The molecule has 0 radical (unpaired) electrons. The van der Waals surface area contributed by atoms with E-state index < -0.39 is 0 Å². The number of likely N-dealkylation sites (tertiary alicyclic amines) is 1. The van der Waals surface area contributed by atoms with Crippen molar-refractivity contribution in [2.75, 3.05) is 20.1 Å². The SMILES string of the molecule is CN1CCCC(Cc2noc(C=O)n2)C1. The molecule has 0 aromatic carbocycles. The Labute approximate surface area is 88.5 Å². The van der Waals surface area contributed by atoms with Gasteiger partial charge in [-0.1, -0.05) is 5.16 Å². The van der Waals surface area contributed by atoms with Gasteiger partial charge in [0.1, 0.15) is 0 Å². The number of nitrogens with zero attached hydrogens (tertiary/aromatic N) is 3. The van der Waals surface area contributed by atoms with Crippen molar-refractivity contribution < 1.29 is 9.32 Å². The molecule has 1 aliphatic heterocycles. The molecule has 2 rings (SSSR count). The second kappa shape index (κ2) is 4.53. The van der Waals surface area contributed by atoms with Crippen LogP contribution in [0, 0.1) is 5.92 Å². The number of carbonyl (C=O) groups excluding carboxylic acids is 1. The lowest BCUT2D eigenvalue weighted by Gasteiger charge is -2.28. The quantitative estimate of drug-likeness (QED) is 0.688. The maximum Gasteiger partial charge on any atom is 0.290 e. The topological polar surface area (TPSA) is 59.2 Å². The largest absolute Gasteiger partial charge is 0.331 e. The van der Waals surface area contributed by atoms with Crippen LogP contribution >= 0.6 is 0 Å². The normalized spacial score (nSPS) is 22.9. The van der Waals surface area contributed by atoms with Crippen LogP contribution in [-0.2, 0) is 6.42 Å². The molecule has 1 fully saturated rings. The van der Waals surface area contributed by atoms with Crippen molar-refractivity contribution in [2.45, 2.75) is 19.3 Å². The highest BCUT2D eigenvalue weighted by Crippen LogP contribution is 2.18. The van der Waals surface area contributed by atoms with Gasteiger partial charge in [-0.3, -0.25) is 4.79 Å². The van der Waals surface area contributed by atoms with Crippen molar-refractivity contribution in [3.63, 3.8) is 0 Å². The van der Waals surface area contributed by atoms with Gasteiger partial charge in [0.2, 0.25) is 6.29 Å². The Hall–Kier alpha value is -1.23. The van der Waals surface area contributed by atoms with Crippen LogP contribution in [0.2, 0.25) is 0 Å². The molecule has 1 aliphatic rings. The summed E-state index contributed by atoms with van der Waals surface area (Å²) in [6, 6.07) is 0. The lowest BCUT2D eigenvalue weighted by molar-refractivity contribution is 0.108. The van der Waals surface area contributed by atoms with Crippen LogP contribution in [0.25, 0.3) is 0 Å². The molecule has 0 bridgehead atoms. The predicted molar refractivity (Wildman–Crippen MR) is 53.6 cm³/mol. The minimum absolute atomic E-state index is 0.0779. The fourth-order valence-corrected chi connectivity index (χ4v) is 2.10. The molecule has 5 heteroatoms. The molecule has 1 saturated heterocycles. The van der Waals surface area contributed by atoms with E-state index in [9.17, 15) is 4.79 Å². The minimum atomic E-state index is 0.0779. The van der Waals surface area contributed by atoms with Crippen LogP contribution in [0.5, 0.6) is 0 Å². The van der Waals surface area contributed by atoms with E-state index in [1.54, 1.807) is 0 Å². The number of rotatable bonds is 3. The van der Waals surface area contributed by atoms with Crippen molar-refractivity contribution in [1.82, 2.24) is 15.0 Å². The van der Waals surface area contributed by atoms with Gasteiger partial charge in [0, 0.05) is 13.0 Å². The number of carbonyl (C=O) groups is 1. The van der Waals surface area contributed by atoms with Crippen molar-refractivity contribution in [3.05, 3.63) is 11.7 Å². The van der Waals surface area contributed by atoms with Gasteiger partial charge in [-0.2, -0.15) is 4.98 Å². The minimum Gasteiger partial charge on any atom is -0.331 e. The predicted octanol–water partition coefficient (Wildman–Crippen LogP) is 0.766. The standard InChI is InChI=1S/C10H15N3O2/c1-13-4-2-3-8(6-13)5-9-11-10(7-14)15-12-9/h7-8H,2-6H2,1H3. The summed E-state index contributed by atoms with van der Waals surface area (Å²) in [4.78, 5) is 16.7. The van der Waals surface area contributed by atoms with E-state index in [0.717, 1.165) is 13.0 Å². The van der Waals surface area contributed by atoms with Crippen LogP contribution in [0.15, 0.2) is 4.52 Å². The third-order valence-corrected chi connectivity index (χ3v) is 2.78. The van der Waals surface area contributed by atoms with Gasteiger partial charge in [-0.15, -0.1) is 0 Å². The Morgan fingerprint density at radius 1 is 1.67 bits per heavy atom. The summed E-state index contributed by atoms with van der Waals surface area (Å²) in [5.74, 6) is 1.31. The fourth-order valence-electron chi connectivity index (χ4n) is 2.10. The van der Waals surface area contributed by atoms with Crippen LogP contribution in [0.3, 0.4) is 0 Å². The van der Waals surface area contributed by atoms with Gasteiger partial charge in [0.05, 0.1) is 0 Å². The molecule has 1 unspecified atom stereocenters. The molecule has 82 valence electrons. The maximum atomic E-state index is 10.4. The highest BCUT2D eigenvalue weighted by molar-refractivity contribution is 5.66. The van der Waals surface area contributed by atoms with Crippen LogP contribution < -0.4 is 0 Å². The molecule has 5 nitrogen and oxygen atoms in total. The number of aldehydes is 1. The summed E-state index contributed by atoms with van der Waals surface area (Å²) < 4.78 is 4.74. The first-order valence-electron chi connectivity index (χ1n) is 5.24. The zero-order chi connectivity index (χ0) is 10.7. The molecule has 1 aromatic rings. The van der Waals surface area contributed by atoms with Crippen LogP contribution in [0.4, 0.5) is 0 Å². The second-order valence-corrected chi connectivity index (χ2v) is 4.14. The molecule has 0 spiro atoms. The van der Waals surface area contributed by atoms with Gasteiger partial charge in [0.25, 0.3) is 5.89 Å². The highest BCUT2D eigenvalue weighted by Gasteiger charge is 2.19. The van der Waals surface area contributed by atoms with Crippen LogP contribution in [0.1, 0.15) is 29.4 Å². The Morgan fingerprint density at radius 3 is 3.20 bits per heavy atom. The Kier molecular flexibility index (Phi) is 3.11. The fraction of sp³-hybridized carbons (Fsp3) is 0.700. The second-order valence-electron chi connectivity index (χ2n) is 4.14. The number of aromatic nitrogens is 2. The zero-order valence-corrected chi connectivity index (χ0v) is 8.85. The molecular formula is C10H15N3O2. The van der Waals surface area contributed by atoms with Gasteiger partial charge in [-0.25, -0.2) is 0 Å². The van der Waals surface area contributed by atoms with Crippen LogP contribution in [-0.4, -0.2) is 41.5 Å². The lowest BCUT2D eigenvalue weighted by Crippen LogP contribution is -2.33. The van der Waals surface area contributed by atoms with Gasteiger partial charge in [-0.05, 0) is 32.4 Å². The molecule has 1 aromatic heterocycles. The first kappa shape index (κ1) is 10.3. The van der Waals surface area contributed by atoms with Crippen molar-refractivity contribution in [3.8, 4) is 0 Å². The first-order chi connectivity index (χ1) is 7.28.